The van der Waals surface area contributed by atoms with Crippen LogP contribution in [0.4, 0.5) is 14.5 Å². The van der Waals surface area contributed by atoms with Crippen molar-refractivity contribution >= 4 is 38.9 Å². The largest absolute Gasteiger partial charge is 0.496 e. The third-order valence-corrected chi connectivity index (χ3v) is 3.84. The highest BCUT2D eigenvalue weighted by Gasteiger charge is 2.07. The summed E-state index contributed by atoms with van der Waals surface area (Å²) in [5, 5.41) is 5.82. The van der Waals surface area contributed by atoms with Crippen LogP contribution < -0.4 is 15.4 Å². The molecular weight excluding hydrogens is 386 g/mol. The number of methoxy groups -OCH3 is 1. The molecule has 3 nitrogen and oxygen atoms in total. The molecule has 0 aliphatic heterocycles. The van der Waals surface area contributed by atoms with E-state index >= 15 is 0 Å². The van der Waals surface area contributed by atoms with Gasteiger partial charge in [-0.05, 0) is 54.5 Å². The van der Waals surface area contributed by atoms with Crippen LogP contribution in [-0.4, -0.2) is 18.8 Å². The highest BCUT2D eigenvalue weighted by molar-refractivity contribution is 9.10. The van der Waals surface area contributed by atoms with Gasteiger partial charge in [0.15, 0.2) is 5.11 Å². The number of halogens is 3. The summed E-state index contributed by atoms with van der Waals surface area (Å²) in [5.74, 6) is -0.315. The molecule has 0 fully saturated rings. The summed E-state index contributed by atoms with van der Waals surface area (Å²) in [5.41, 5.74) is 1.01. The van der Waals surface area contributed by atoms with Gasteiger partial charge in [-0.25, -0.2) is 8.78 Å². The Morgan fingerprint density at radius 1 is 1.22 bits per heavy atom. The van der Waals surface area contributed by atoms with Crippen LogP contribution in [0.3, 0.4) is 0 Å². The maximum Gasteiger partial charge on any atom is 0.170 e. The summed E-state index contributed by atoms with van der Waals surface area (Å²) in [4.78, 5) is 0. The topological polar surface area (TPSA) is 33.3 Å². The van der Waals surface area contributed by atoms with Crippen molar-refractivity contribution in [1.29, 1.82) is 0 Å². The molecule has 0 unspecified atom stereocenters. The van der Waals surface area contributed by atoms with Gasteiger partial charge in [0.1, 0.15) is 17.4 Å². The highest BCUT2D eigenvalue weighted by Crippen LogP contribution is 2.23. The average Bonchev–Trinajstić information content (AvgIpc) is 2.51. The second-order valence-electron chi connectivity index (χ2n) is 4.71. The number of thiocarbonyl (C=S) groups is 1. The third-order valence-electron chi connectivity index (χ3n) is 3.10. The molecule has 0 aliphatic rings. The molecule has 2 aromatic carbocycles. The molecule has 7 heteroatoms. The summed E-state index contributed by atoms with van der Waals surface area (Å²) in [7, 11) is 1.61. The van der Waals surface area contributed by atoms with E-state index in [-0.39, 0.29) is 10.8 Å². The quantitative estimate of drug-likeness (QED) is 0.734. The number of hydrogen-bond acceptors (Lipinski definition) is 2. The molecular formula is C16H15BrF2N2OS. The monoisotopic (exact) mass is 400 g/mol. The zero-order valence-corrected chi connectivity index (χ0v) is 14.7. The number of nitrogens with one attached hydrogen (secondary N) is 2. The van der Waals surface area contributed by atoms with E-state index in [1.54, 1.807) is 7.11 Å². The Morgan fingerprint density at radius 2 is 2.00 bits per heavy atom. The summed E-state index contributed by atoms with van der Waals surface area (Å²) < 4.78 is 32.9. The second-order valence-corrected chi connectivity index (χ2v) is 6.04. The molecule has 0 aliphatic carbocycles. The second kappa shape index (κ2) is 8.21. The van der Waals surface area contributed by atoms with E-state index in [0.717, 1.165) is 34.0 Å². The molecule has 0 aromatic heterocycles. The van der Waals surface area contributed by atoms with Gasteiger partial charge in [-0.15, -0.1) is 0 Å². The molecule has 0 bridgehead atoms. The molecule has 0 radical (unpaired) electrons. The van der Waals surface area contributed by atoms with Crippen molar-refractivity contribution in [3.05, 3.63) is 58.1 Å². The van der Waals surface area contributed by atoms with Crippen molar-refractivity contribution in [2.45, 2.75) is 6.42 Å². The van der Waals surface area contributed by atoms with Crippen LogP contribution >= 0.6 is 28.1 Å². The lowest BCUT2D eigenvalue weighted by Crippen LogP contribution is -2.30. The van der Waals surface area contributed by atoms with Crippen LogP contribution in [-0.2, 0) is 6.42 Å². The van der Waals surface area contributed by atoms with Gasteiger partial charge in [-0.2, -0.15) is 0 Å². The number of anilines is 1. The molecule has 2 rings (SSSR count). The Bertz CT molecular complexity index is 712. The first-order valence-electron chi connectivity index (χ1n) is 6.82. The predicted octanol–water partition coefficient (Wildman–Crippen LogP) is 4.27. The SMILES string of the molecule is COc1ccc(Br)cc1CCNC(=S)Nc1cc(F)ccc1F. The molecule has 0 saturated carbocycles. The molecule has 0 atom stereocenters. The summed E-state index contributed by atoms with van der Waals surface area (Å²) in [6, 6.07) is 8.89. The van der Waals surface area contributed by atoms with Gasteiger partial charge < -0.3 is 15.4 Å². The van der Waals surface area contributed by atoms with Gasteiger partial charge >= 0.3 is 0 Å². The van der Waals surface area contributed by atoms with E-state index in [1.807, 2.05) is 18.2 Å². The first kappa shape index (κ1) is 17.6. The number of ether oxygens (including phenoxy) is 1. The van der Waals surface area contributed by atoms with Gasteiger partial charge in [0, 0.05) is 17.1 Å². The van der Waals surface area contributed by atoms with Crippen molar-refractivity contribution in [3.8, 4) is 5.75 Å². The molecule has 0 amide bonds. The first-order valence-corrected chi connectivity index (χ1v) is 8.02. The minimum Gasteiger partial charge on any atom is -0.496 e. The van der Waals surface area contributed by atoms with E-state index in [4.69, 9.17) is 17.0 Å². The van der Waals surface area contributed by atoms with Gasteiger partial charge in [-0.3, -0.25) is 0 Å². The summed E-state index contributed by atoms with van der Waals surface area (Å²) >= 11 is 8.50. The molecule has 2 aromatic rings. The summed E-state index contributed by atoms with van der Waals surface area (Å²) in [6.45, 7) is 0.523. The molecule has 23 heavy (non-hydrogen) atoms. The number of hydrogen-bond donors (Lipinski definition) is 2. The Balaban J connectivity index is 1.90. The third kappa shape index (κ3) is 5.14. The van der Waals surface area contributed by atoms with Crippen LogP contribution in [0.2, 0.25) is 0 Å². The van der Waals surface area contributed by atoms with Gasteiger partial charge in [0.2, 0.25) is 0 Å². The van der Waals surface area contributed by atoms with Gasteiger partial charge in [0.05, 0.1) is 12.8 Å². The van der Waals surface area contributed by atoms with Gasteiger partial charge in [0.25, 0.3) is 0 Å². The minimum atomic E-state index is -0.566. The van der Waals surface area contributed by atoms with Crippen molar-refractivity contribution < 1.29 is 13.5 Å². The van der Waals surface area contributed by atoms with Crippen molar-refractivity contribution in [2.24, 2.45) is 0 Å². The molecule has 122 valence electrons. The van der Waals surface area contributed by atoms with Crippen LogP contribution in [0, 0.1) is 11.6 Å². The van der Waals surface area contributed by atoms with Crippen molar-refractivity contribution in [2.75, 3.05) is 19.0 Å². The predicted molar refractivity (Wildman–Crippen MR) is 95.0 cm³/mol. The zero-order valence-electron chi connectivity index (χ0n) is 12.3. The van der Waals surface area contributed by atoms with Crippen LogP contribution in [0.25, 0.3) is 0 Å². The fourth-order valence-electron chi connectivity index (χ4n) is 2.01. The Kier molecular flexibility index (Phi) is 6.29. The Labute approximate surface area is 147 Å². The first-order chi connectivity index (χ1) is 11.0. The van der Waals surface area contributed by atoms with Crippen LogP contribution in [0.15, 0.2) is 40.9 Å². The fourth-order valence-corrected chi connectivity index (χ4v) is 2.63. The lowest BCUT2D eigenvalue weighted by Gasteiger charge is -2.13. The maximum atomic E-state index is 13.5. The van der Waals surface area contributed by atoms with E-state index in [9.17, 15) is 8.78 Å². The minimum absolute atomic E-state index is 0.00235. The molecule has 0 spiro atoms. The molecule has 0 saturated heterocycles. The molecule has 0 heterocycles. The number of benzene rings is 2. The zero-order chi connectivity index (χ0) is 16.8. The van der Waals surface area contributed by atoms with Crippen molar-refractivity contribution in [3.63, 3.8) is 0 Å². The van der Waals surface area contributed by atoms with Crippen LogP contribution in [0.5, 0.6) is 5.75 Å². The summed E-state index contributed by atoms with van der Waals surface area (Å²) in [6.07, 6.45) is 0.663. The van der Waals surface area contributed by atoms with E-state index < -0.39 is 11.6 Å². The van der Waals surface area contributed by atoms with Crippen LogP contribution in [0.1, 0.15) is 5.56 Å². The standard InChI is InChI=1S/C16H15BrF2N2OS/c1-22-15-5-2-11(17)8-10(15)6-7-20-16(23)21-14-9-12(18)3-4-13(14)19/h2-5,8-9H,6-7H2,1H3,(H2,20,21,23). The van der Waals surface area contributed by atoms with E-state index in [1.165, 1.54) is 0 Å². The number of rotatable bonds is 5. The maximum absolute atomic E-state index is 13.5. The lowest BCUT2D eigenvalue weighted by atomic mass is 10.1. The molecule has 2 N–H and O–H groups in total. The van der Waals surface area contributed by atoms with E-state index in [0.29, 0.717) is 13.0 Å². The lowest BCUT2D eigenvalue weighted by molar-refractivity contribution is 0.409. The van der Waals surface area contributed by atoms with Crippen molar-refractivity contribution in [1.82, 2.24) is 5.32 Å². The fraction of sp³-hybridized carbons (Fsp3) is 0.188. The Hall–Kier alpha value is -1.73. The average molecular weight is 401 g/mol. The Morgan fingerprint density at radius 3 is 2.74 bits per heavy atom. The smallest absolute Gasteiger partial charge is 0.170 e. The highest BCUT2D eigenvalue weighted by atomic mass is 79.9. The van der Waals surface area contributed by atoms with E-state index in [2.05, 4.69) is 26.6 Å². The van der Waals surface area contributed by atoms with Gasteiger partial charge in [-0.1, -0.05) is 15.9 Å². The normalized spacial score (nSPS) is 10.3.